The van der Waals surface area contributed by atoms with Gasteiger partial charge in [-0.1, -0.05) is 30.3 Å². The van der Waals surface area contributed by atoms with Crippen LogP contribution in [0.2, 0.25) is 0 Å². The van der Waals surface area contributed by atoms with E-state index in [0.717, 1.165) is 23.6 Å². The van der Waals surface area contributed by atoms with Crippen LogP contribution in [-0.2, 0) is 23.9 Å². The molecular formula is C19H31IN6O2. The lowest BCUT2D eigenvalue weighted by Crippen LogP contribution is -2.45. The molecule has 1 aromatic carbocycles. The molecule has 156 valence electrons. The molecule has 0 saturated carbocycles. The van der Waals surface area contributed by atoms with Crippen LogP contribution in [0.4, 0.5) is 0 Å². The Balaban J connectivity index is 0.00000392. The minimum absolute atomic E-state index is 0. The lowest BCUT2D eigenvalue weighted by atomic mass is 9.96. The van der Waals surface area contributed by atoms with E-state index in [1.807, 2.05) is 48.9 Å². The Morgan fingerprint density at radius 1 is 1.25 bits per heavy atom. The molecule has 0 saturated heterocycles. The molecule has 0 aliphatic carbocycles. The summed E-state index contributed by atoms with van der Waals surface area (Å²) < 4.78 is 6.99. The van der Waals surface area contributed by atoms with Gasteiger partial charge in [-0.25, -0.2) is 4.99 Å². The van der Waals surface area contributed by atoms with Crippen LogP contribution in [0.3, 0.4) is 0 Å². The number of nitrogens with zero attached hydrogens (tertiary/aromatic N) is 4. The van der Waals surface area contributed by atoms with E-state index in [0.29, 0.717) is 32.2 Å². The van der Waals surface area contributed by atoms with Crippen molar-refractivity contribution in [3.63, 3.8) is 0 Å². The van der Waals surface area contributed by atoms with Crippen LogP contribution in [0.25, 0.3) is 0 Å². The van der Waals surface area contributed by atoms with Crippen LogP contribution < -0.4 is 10.6 Å². The summed E-state index contributed by atoms with van der Waals surface area (Å²) in [5.74, 6) is 2.23. The number of aromatic nitrogens is 3. The average Bonchev–Trinajstić information content (AvgIpc) is 2.99. The molecule has 9 heteroatoms. The summed E-state index contributed by atoms with van der Waals surface area (Å²) in [6, 6.07) is 9.58. The second-order valence-electron chi connectivity index (χ2n) is 6.65. The molecule has 2 aromatic rings. The van der Waals surface area contributed by atoms with E-state index in [-0.39, 0.29) is 24.0 Å². The fourth-order valence-electron chi connectivity index (χ4n) is 2.49. The summed E-state index contributed by atoms with van der Waals surface area (Å²) >= 11 is 0. The number of methoxy groups -OCH3 is 1. The zero-order chi connectivity index (χ0) is 19.7. The molecule has 0 aliphatic heterocycles. The topological polar surface area (TPSA) is 96.6 Å². The highest BCUT2D eigenvalue weighted by Crippen LogP contribution is 2.18. The van der Waals surface area contributed by atoms with E-state index in [1.165, 1.54) is 0 Å². The monoisotopic (exact) mass is 502 g/mol. The molecule has 1 heterocycles. The molecular weight excluding hydrogens is 471 g/mol. The minimum Gasteiger partial charge on any atom is -0.385 e. The fraction of sp³-hybridized carbons (Fsp3) is 0.526. The van der Waals surface area contributed by atoms with E-state index in [2.05, 4.69) is 25.8 Å². The highest BCUT2D eigenvalue weighted by atomic mass is 127. The van der Waals surface area contributed by atoms with Crippen LogP contribution in [0.15, 0.2) is 35.3 Å². The first-order chi connectivity index (χ1) is 12.9. The molecule has 0 aliphatic rings. The molecule has 1 aromatic heterocycles. The van der Waals surface area contributed by atoms with Crippen molar-refractivity contribution < 1.29 is 9.84 Å². The lowest BCUT2D eigenvalue weighted by Gasteiger charge is -2.25. The van der Waals surface area contributed by atoms with Crippen molar-refractivity contribution in [2.45, 2.75) is 32.4 Å². The quantitative estimate of drug-likeness (QED) is 0.209. The van der Waals surface area contributed by atoms with Crippen molar-refractivity contribution in [2.24, 2.45) is 12.0 Å². The molecule has 1 unspecified atom stereocenters. The highest BCUT2D eigenvalue weighted by molar-refractivity contribution is 14.0. The number of hydrogen-bond acceptors (Lipinski definition) is 5. The molecule has 0 spiro atoms. The number of aliphatic hydroxyl groups is 1. The van der Waals surface area contributed by atoms with E-state index in [9.17, 15) is 5.11 Å². The van der Waals surface area contributed by atoms with Gasteiger partial charge in [0, 0.05) is 27.3 Å². The van der Waals surface area contributed by atoms with Gasteiger partial charge in [-0.2, -0.15) is 0 Å². The minimum atomic E-state index is -1.02. The van der Waals surface area contributed by atoms with Gasteiger partial charge < -0.3 is 25.0 Å². The van der Waals surface area contributed by atoms with Crippen LogP contribution in [0.1, 0.15) is 30.6 Å². The average molecular weight is 502 g/mol. The molecule has 28 heavy (non-hydrogen) atoms. The van der Waals surface area contributed by atoms with Crippen LogP contribution in [0, 0.1) is 6.92 Å². The molecule has 2 rings (SSSR count). The SMILES string of the molecule is COCCCNC(=NCc1nnc(C)n1C)NCC(C)(O)c1ccccc1.I. The van der Waals surface area contributed by atoms with Crippen molar-refractivity contribution in [3.8, 4) is 0 Å². The Labute approximate surface area is 183 Å². The summed E-state index contributed by atoms with van der Waals surface area (Å²) in [5.41, 5.74) is -0.169. The molecule has 0 fully saturated rings. The second kappa shape index (κ2) is 12.0. The maximum absolute atomic E-state index is 10.8. The number of aliphatic imine (C=N–C) groups is 1. The van der Waals surface area contributed by atoms with E-state index in [1.54, 1.807) is 14.0 Å². The Morgan fingerprint density at radius 2 is 1.96 bits per heavy atom. The van der Waals surface area contributed by atoms with Gasteiger partial charge in [0.25, 0.3) is 0 Å². The number of ether oxygens (including phenoxy) is 1. The summed E-state index contributed by atoms with van der Waals surface area (Å²) in [7, 11) is 3.60. The first-order valence-electron chi connectivity index (χ1n) is 9.08. The number of halogens is 1. The van der Waals surface area contributed by atoms with Crippen molar-refractivity contribution in [1.29, 1.82) is 0 Å². The van der Waals surface area contributed by atoms with Gasteiger partial charge in [0.2, 0.25) is 0 Å². The van der Waals surface area contributed by atoms with E-state index in [4.69, 9.17) is 4.74 Å². The summed E-state index contributed by atoms with van der Waals surface area (Å²) in [6.07, 6.45) is 0.856. The molecule has 0 bridgehead atoms. The zero-order valence-electron chi connectivity index (χ0n) is 17.0. The van der Waals surface area contributed by atoms with Crippen molar-refractivity contribution >= 4 is 29.9 Å². The molecule has 8 nitrogen and oxygen atoms in total. The van der Waals surface area contributed by atoms with Gasteiger partial charge in [0.1, 0.15) is 18.0 Å². The Kier molecular flexibility index (Phi) is 10.4. The summed E-state index contributed by atoms with van der Waals surface area (Å²) in [5, 5.41) is 25.5. The highest BCUT2D eigenvalue weighted by Gasteiger charge is 2.23. The van der Waals surface area contributed by atoms with Gasteiger partial charge in [0.05, 0.1) is 6.54 Å². The van der Waals surface area contributed by atoms with Crippen molar-refractivity contribution in [2.75, 3.05) is 26.8 Å². The fourth-order valence-corrected chi connectivity index (χ4v) is 2.49. The first kappa shape index (κ1) is 24.3. The molecule has 0 amide bonds. The Hall–Kier alpha value is -1.72. The Morgan fingerprint density at radius 3 is 2.57 bits per heavy atom. The summed E-state index contributed by atoms with van der Waals surface area (Å²) in [6.45, 7) is 5.79. The van der Waals surface area contributed by atoms with Crippen molar-refractivity contribution in [1.82, 2.24) is 25.4 Å². The van der Waals surface area contributed by atoms with Crippen LogP contribution in [0.5, 0.6) is 0 Å². The Bertz CT molecular complexity index is 733. The zero-order valence-corrected chi connectivity index (χ0v) is 19.3. The predicted molar refractivity (Wildman–Crippen MR) is 121 cm³/mol. The van der Waals surface area contributed by atoms with Gasteiger partial charge in [-0.3, -0.25) is 0 Å². The van der Waals surface area contributed by atoms with Gasteiger partial charge in [-0.15, -0.1) is 34.2 Å². The van der Waals surface area contributed by atoms with E-state index < -0.39 is 5.60 Å². The molecule has 1 atom stereocenters. The normalized spacial score (nSPS) is 13.5. The number of hydrogen-bond donors (Lipinski definition) is 3. The molecule has 0 radical (unpaired) electrons. The largest absolute Gasteiger partial charge is 0.385 e. The third-order valence-electron chi connectivity index (χ3n) is 4.37. The summed E-state index contributed by atoms with van der Waals surface area (Å²) in [4.78, 5) is 4.58. The van der Waals surface area contributed by atoms with Crippen LogP contribution >= 0.6 is 24.0 Å². The third kappa shape index (κ3) is 7.36. The third-order valence-corrected chi connectivity index (χ3v) is 4.37. The molecule has 3 N–H and O–H groups in total. The predicted octanol–water partition coefficient (Wildman–Crippen LogP) is 1.72. The van der Waals surface area contributed by atoms with Crippen LogP contribution in [-0.4, -0.2) is 52.6 Å². The number of rotatable bonds is 9. The number of nitrogens with one attached hydrogen (secondary N) is 2. The number of guanidine groups is 1. The smallest absolute Gasteiger partial charge is 0.191 e. The van der Waals surface area contributed by atoms with Gasteiger partial charge >= 0.3 is 0 Å². The lowest BCUT2D eigenvalue weighted by molar-refractivity contribution is 0.0617. The number of aryl methyl sites for hydroxylation is 1. The maximum atomic E-state index is 10.8. The van der Waals surface area contributed by atoms with Gasteiger partial charge in [0.15, 0.2) is 11.8 Å². The van der Waals surface area contributed by atoms with Gasteiger partial charge in [-0.05, 0) is 25.8 Å². The number of benzene rings is 1. The maximum Gasteiger partial charge on any atom is 0.191 e. The van der Waals surface area contributed by atoms with Crippen molar-refractivity contribution in [3.05, 3.63) is 47.5 Å². The second-order valence-corrected chi connectivity index (χ2v) is 6.65. The standard InChI is InChI=1S/C19H30N6O2.HI/c1-15-23-24-17(25(15)3)13-21-18(20-11-8-12-27-4)22-14-19(2,26)16-9-6-5-7-10-16;/h5-7,9-10,26H,8,11-14H2,1-4H3,(H2,20,21,22);1H. The first-order valence-corrected chi connectivity index (χ1v) is 9.08. The van der Waals surface area contributed by atoms with E-state index >= 15 is 0 Å².